The highest BCUT2D eigenvalue weighted by Crippen LogP contribution is 2.18. The topological polar surface area (TPSA) is 72.2 Å². The van der Waals surface area contributed by atoms with Gasteiger partial charge in [0.2, 0.25) is 11.8 Å². The van der Waals surface area contributed by atoms with Crippen molar-refractivity contribution >= 4 is 27.7 Å². The number of primary amides is 1. The monoisotopic (exact) mass is 322 g/mol. The third-order valence-electron chi connectivity index (χ3n) is 2.75. The first-order valence-corrected chi connectivity index (χ1v) is 6.53. The molecule has 1 aromatic carbocycles. The van der Waals surface area contributed by atoms with Gasteiger partial charge in [-0.1, -0.05) is 28.1 Å². The number of hydrogen-bond acceptors (Lipinski definition) is 2. The van der Waals surface area contributed by atoms with Crippen LogP contribution in [0.2, 0.25) is 0 Å². The van der Waals surface area contributed by atoms with E-state index in [1.807, 2.05) is 24.3 Å². The van der Waals surface area contributed by atoms with Gasteiger partial charge in [-0.15, -0.1) is 12.3 Å². The Morgan fingerprint density at radius 2 is 2.00 bits per heavy atom. The fraction of sp³-hybridized carbons (Fsp3) is 0.286. The Balaban J connectivity index is 2.74. The zero-order valence-electron chi connectivity index (χ0n) is 10.5. The Hall–Kier alpha value is -1.80. The first kappa shape index (κ1) is 15.3. The Morgan fingerprint density at radius 1 is 1.42 bits per heavy atom. The predicted molar refractivity (Wildman–Crippen MR) is 77.1 cm³/mol. The number of halogens is 1. The maximum absolute atomic E-state index is 12.0. The molecule has 0 unspecified atom stereocenters. The van der Waals surface area contributed by atoms with Gasteiger partial charge in [-0.2, -0.15) is 0 Å². The lowest BCUT2D eigenvalue weighted by Crippen LogP contribution is -2.45. The van der Waals surface area contributed by atoms with Crippen LogP contribution >= 0.6 is 15.9 Å². The van der Waals surface area contributed by atoms with Gasteiger partial charge in [0.1, 0.15) is 6.04 Å². The van der Waals surface area contributed by atoms with Crippen LogP contribution in [-0.2, 0) is 9.59 Å². The van der Waals surface area contributed by atoms with E-state index in [1.54, 1.807) is 6.92 Å². The van der Waals surface area contributed by atoms with Gasteiger partial charge >= 0.3 is 0 Å². The van der Waals surface area contributed by atoms with Gasteiger partial charge in [0.15, 0.2) is 0 Å². The fourth-order valence-electron chi connectivity index (χ4n) is 1.54. The van der Waals surface area contributed by atoms with Crippen molar-refractivity contribution < 1.29 is 9.59 Å². The number of carbonyl (C=O) groups excluding carboxylic acids is 2. The number of terminal acetylenes is 1. The summed E-state index contributed by atoms with van der Waals surface area (Å²) in [5.41, 5.74) is 6.03. The van der Waals surface area contributed by atoms with Gasteiger partial charge in [-0.05, 0) is 24.6 Å². The zero-order chi connectivity index (χ0) is 14.4. The minimum Gasteiger partial charge on any atom is -0.368 e. The smallest absolute Gasteiger partial charge is 0.240 e. The summed E-state index contributed by atoms with van der Waals surface area (Å²) in [6, 6.07) is 6.57. The van der Waals surface area contributed by atoms with Crippen LogP contribution in [0, 0.1) is 12.3 Å². The van der Waals surface area contributed by atoms with E-state index in [2.05, 4.69) is 27.2 Å². The highest BCUT2D eigenvalue weighted by atomic mass is 79.9. The molecule has 0 spiro atoms. The zero-order valence-corrected chi connectivity index (χ0v) is 12.1. The summed E-state index contributed by atoms with van der Waals surface area (Å²) in [5, 5.41) is 2.56. The van der Waals surface area contributed by atoms with Crippen molar-refractivity contribution in [3.8, 4) is 12.3 Å². The van der Waals surface area contributed by atoms with Crippen LogP contribution in [0.15, 0.2) is 28.7 Å². The molecule has 4 nitrogen and oxygen atoms in total. The lowest BCUT2D eigenvalue weighted by Gasteiger charge is -2.17. The van der Waals surface area contributed by atoms with E-state index in [0.717, 1.165) is 10.0 Å². The normalized spacial score (nSPS) is 13.1. The molecule has 2 atom stereocenters. The molecule has 0 radical (unpaired) electrons. The Morgan fingerprint density at radius 3 is 2.47 bits per heavy atom. The molecular formula is C14H15BrN2O2. The van der Waals surface area contributed by atoms with E-state index in [9.17, 15) is 9.59 Å². The van der Waals surface area contributed by atoms with Crippen molar-refractivity contribution in [1.82, 2.24) is 5.32 Å². The number of hydrogen-bond donors (Lipinski definition) is 2. The molecule has 5 heteroatoms. The molecule has 19 heavy (non-hydrogen) atoms. The number of nitrogens with one attached hydrogen (secondary N) is 1. The summed E-state index contributed by atoms with van der Waals surface area (Å²) < 4.78 is 0.936. The lowest BCUT2D eigenvalue weighted by molar-refractivity contribution is -0.127. The highest BCUT2D eigenvalue weighted by molar-refractivity contribution is 9.10. The second-order valence-corrected chi connectivity index (χ2v) is 5.06. The van der Waals surface area contributed by atoms with Crippen molar-refractivity contribution in [2.24, 2.45) is 5.73 Å². The third kappa shape index (κ3) is 4.42. The van der Waals surface area contributed by atoms with E-state index >= 15 is 0 Å². The average Bonchev–Trinajstić information content (AvgIpc) is 2.38. The van der Waals surface area contributed by atoms with Crippen molar-refractivity contribution in [2.75, 3.05) is 0 Å². The summed E-state index contributed by atoms with van der Waals surface area (Å²) in [7, 11) is 0. The SMILES string of the molecule is C#CC[C@@H](NC(=O)[C@H](C)c1ccc(Br)cc1)C(N)=O. The van der Waals surface area contributed by atoms with Gasteiger partial charge in [-0.25, -0.2) is 0 Å². The minimum absolute atomic E-state index is 0.0914. The molecule has 1 rings (SSSR count). The molecule has 0 saturated heterocycles. The van der Waals surface area contributed by atoms with Crippen molar-refractivity contribution in [2.45, 2.75) is 25.3 Å². The molecule has 0 heterocycles. The van der Waals surface area contributed by atoms with Gasteiger partial charge in [0.05, 0.1) is 5.92 Å². The number of rotatable bonds is 5. The van der Waals surface area contributed by atoms with Gasteiger partial charge in [0.25, 0.3) is 0 Å². The quantitative estimate of drug-likeness (QED) is 0.807. The van der Waals surface area contributed by atoms with E-state index in [-0.39, 0.29) is 18.2 Å². The second kappa shape index (κ2) is 6.95. The Kier molecular flexibility index (Phi) is 5.58. The van der Waals surface area contributed by atoms with E-state index in [4.69, 9.17) is 12.2 Å². The Labute approximate surface area is 120 Å². The summed E-state index contributed by atoms with van der Waals surface area (Å²) in [6.07, 6.45) is 5.22. The number of nitrogens with two attached hydrogens (primary N) is 1. The van der Waals surface area contributed by atoms with Crippen LogP contribution in [0.1, 0.15) is 24.8 Å². The third-order valence-corrected chi connectivity index (χ3v) is 3.27. The van der Waals surface area contributed by atoms with Crippen LogP contribution < -0.4 is 11.1 Å². The molecule has 2 amide bonds. The maximum atomic E-state index is 12.0. The molecule has 3 N–H and O–H groups in total. The van der Waals surface area contributed by atoms with Crippen LogP contribution in [-0.4, -0.2) is 17.9 Å². The fourth-order valence-corrected chi connectivity index (χ4v) is 1.80. The first-order chi connectivity index (χ1) is 8.95. The molecule has 100 valence electrons. The highest BCUT2D eigenvalue weighted by Gasteiger charge is 2.21. The minimum atomic E-state index is -0.824. The number of amides is 2. The van der Waals surface area contributed by atoms with Crippen molar-refractivity contribution in [1.29, 1.82) is 0 Å². The first-order valence-electron chi connectivity index (χ1n) is 5.74. The van der Waals surface area contributed by atoms with E-state index in [1.165, 1.54) is 0 Å². The largest absolute Gasteiger partial charge is 0.368 e. The average molecular weight is 323 g/mol. The van der Waals surface area contributed by atoms with E-state index in [0.29, 0.717) is 0 Å². The number of carbonyl (C=O) groups is 2. The lowest BCUT2D eigenvalue weighted by atomic mass is 10.00. The summed E-state index contributed by atoms with van der Waals surface area (Å²) >= 11 is 3.33. The van der Waals surface area contributed by atoms with Crippen LogP contribution in [0.5, 0.6) is 0 Å². The summed E-state index contributed by atoms with van der Waals surface area (Å²) in [4.78, 5) is 23.2. The van der Waals surface area contributed by atoms with Gasteiger partial charge in [-0.3, -0.25) is 9.59 Å². The second-order valence-electron chi connectivity index (χ2n) is 4.15. The molecule has 1 aromatic rings. The molecule has 0 saturated carbocycles. The van der Waals surface area contributed by atoms with Gasteiger partial charge in [0, 0.05) is 10.9 Å². The molecule has 0 aliphatic heterocycles. The molecular weight excluding hydrogens is 308 g/mol. The standard InChI is InChI=1S/C14H15BrN2O2/c1-3-4-12(13(16)18)17-14(19)9(2)10-5-7-11(15)8-6-10/h1,5-9,12H,4H2,2H3,(H2,16,18)(H,17,19)/t9-,12-/m1/s1. The molecule has 0 aliphatic rings. The Bertz CT molecular complexity index is 505. The molecule has 0 fully saturated rings. The van der Waals surface area contributed by atoms with Crippen molar-refractivity contribution in [3.63, 3.8) is 0 Å². The summed E-state index contributed by atoms with van der Waals surface area (Å²) in [6.45, 7) is 1.76. The maximum Gasteiger partial charge on any atom is 0.240 e. The van der Waals surface area contributed by atoms with E-state index < -0.39 is 11.9 Å². The van der Waals surface area contributed by atoms with Gasteiger partial charge < -0.3 is 11.1 Å². The molecule has 0 bridgehead atoms. The predicted octanol–water partition coefficient (Wildman–Crippen LogP) is 1.55. The number of benzene rings is 1. The van der Waals surface area contributed by atoms with Crippen LogP contribution in [0.3, 0.4) is 0 Å². The summed E-state index contributed by atoms with van der Waals surface area (Å²) in [5.74, 6) is 1.03. The molecule has 0 aromatic heterocycles. The van der Waals surface area contributed by atoms with Crippen LogP contribution in [0.25, 0.3) is 0 Å². The van der Waals surface area contributed by atoms with Crippen LogP contribution in [0.4, 0.5) is 0 Å². The van der Waals surface area contributed by atoms with Crippen molar-refractivity contribution in [3.05, 3.63) is 34.3 Å². The molecule has 0 aliphatic carbocycles.